The van der Waals surface area contributed by atoms with Crippen molar-refractivity contribution in [3.05, 3.63) is 17.8 Å². The van der Waals surface area contributed by atoms with Crippen molar-refractivity contribution in [2.45, 2.75) is 19.4 Å². The lowest BCUT2D eigenvalue weighted by Crippen LogP contribution is -2.43. The first kappa shape index (κ1) is 12.7. The smallest absolute Gasteiger partial charge is 0.326 e. The van der Waals surface area contributed by atoms with Crippen molar-refractivity contribution in [1.29, 1.82) is 0 Å². The minimum atomic E-state index is -1.38. The van der Waals surface area contributed by atoms with Crippen molar-refractivity contribution >= 4 is 17.8 Å². The molecule has 8 heteroatoms. The summed E-state index contributed by atoms with van der Waals surface area (Å²) in [6, 6.07) is -1.38. The lowest BCUT2D eigenvalue weighted by Gasteiger charge is -2.11. The average molecular weight is 241 g/mol. The van der Waals surface area contributed by atoms with Crippen LogP contribution in [0.4, 0.5) is 0 Å². The zero-order valence-corrected chi connectivity index (χ0v) is 8.97. The number of hydrogen-bond acceptors (Lipinski definition) is 5. The van der Waals surface area contributed by atoms with Crippen molar-refractivity contribution in [2.24, 2.45) is 5.73 Å². The molecule has 1 aromatic heterocycles. The van der Waals surface area contributed by atoms with E-state index in [1.807, 2.05) is 0 Å². The number of carbonyl (C=O) groups excluding carboxylic acids is 2. The fraction of sp³-hybridized carbons (Fsp3) is 0.333. The van der Waals surface area contributed by atoms with Crippen LogP contribution in [-0.2, 0) is 9.59 Å². The number of amides is 2. The van der Waals surface area contributed by atoms with E-state index in [0.29, 0.717) is 5.69 Å². The van der Waals surface area contributed by atoms with Crippen LogP contribution in [0.25, 0.3) is 0 Å². The summed E-state index contributed by atoms with van der Waals surface area (Å²) in [5.41, 5.74) is 5.19. The predicted octanol–water partition coefficient (Wildman–Crippen LogP) is -0.959. The number of nitrogens with one attached hydrogen (secondary N) is 1. The molecule has 2 amide bonds. The van der Waals surface area contributed by atoms with Crippen molar-refractivity contribution in [3.8, 4) is 0 Å². The Morgan fingerprint density at radius 3 is 2.65 bits per heavy atom. The Morgan fingerprint density at radius 2 is 2.24 bits per heavy atom. The van der Waals surface area contributed by atoms with E-state index in [2.05, 4.69) is 10.3 Å². The summed E-state index contributed by atoms with van der Waals surface area (Å²) in [4.78, 5) is 36.6. The normalized spacial score (nSPS) is 11.8. The molecule has 0 spiro atoms. The minimum absolute atomic E-state index is 0.0966. The molecule has 8 nitrogen and oxygen atoms in total. The van der Waals surface area contributed by atoms with E-state index in [1.165, 1.54) is 6.92 Å². The van der Waals surface area contributed by atoms with Gasteiger partial charge < -0.3 is 20.6 Å². The van der Waals surface area contributed by atoms with Gasteiger partial charge in [0.25, 0.3) is 5.91 Å². The Kier molecular flexibility index (Phi) is 3.81. The summed E-state index contributed by atoms with van der Waals surface area (Å²) in [6.07, 6.45) is 0.572. The number of nitrogens with zero attached hydrogens (tertiary/aromatic N) is 1. The molecule has 17 heavy (non-hydrogen) atoms. The molecule has 0 aliphatic rings. The van der Waals surface area contributed by atoms with Gasteiger partial charge >= 0.3 is 5.97 Å². The zero-order valence-electron chi connectivity index (χ0n) is 8.97. The number of aromatic nitrogens is 1. The topological polar surface area (TPSA) is 136 Å². The monoisotopic (exact) mass is 241 g/mol. The fourth-order valence-electron chi connectivity index (χ4n) is 1.14. The largest absolute Gasteiger partial charge is 0.480 e. The van der Waals surface area contributed by atoms with Crippen LogP contribution in [-0.4, -0.2) is 33.9 Å². The molecule has 0 bridgehead atoms. The Bertz CT molecular complexity index is 453. The highest BCUT2D eigenvalue weighted by molar-refractivity contribution is 5.96. The highest BCUT2D eigenvalue weighted by Gasteiger charge is 2.24. The van der Waals surface area contributed by atoms with Crippen LogP contribution in [0, 0.1) is 6.92 Å². The van der Waals surface area contributed by atoms with Crippen molar-refractivity contribution in [1.82, 2.24) is 10.3 Å². The summed E-state index contributed by atoms with van der Waals surface area (Å²) >= 11 is 0. The van der Waals surface area contributed by atoms with Gasteiger partial charge in [0.2, 0.25) is 11.7 Å². The van der Waals surface area contributed by atoms with Crippen LogP contribution < -0.4 is 11.1 Å². The van der Waals surface area contributed by atoms with Crippen molar-refractivity contribution in [2.75, 3.05) is 0 Å². The Labute approximate surface area is 95.8 Å². The molecule has 92 valence electrons. The Morgan fingerprint density at radius 1 is 1.59 bits per heavy atom. The number of nitrogens with two attached hydrogens (primary N) is 1. The molecule has 1 unspecified atom stereocenters. The molecular formula is C9H11N3O5. The van der Waals surface area contributed by atoms with E-state index in [4.69, 9.17) is 15.3 Å². The molecule has 4 N–H and O–H groups in total. The molecule has 1 aromatic rings. The second kappa shape index (κ2) is 5.10. The number of carboxylic acid groups (broad SMARTS) is 1. The number of hydrogen-bond donors (Lipinski definition) is 3. The molecule has 0 aliphatic carbocycles. The van der Waals surface area contributed by atoms with Gasteiger partial charge in [-0.15, -0.1) is 0 Å². The maximum absolute atomic E-state index is 11.6. The molecule has 0 radical (unpaired) electrons. The van der Waals surface area contributed by atoms with Crippen molar-refractivity contribution in [3.63, 3.8) is 0 Å². The third-order valence-corrected chi connectivity index (χ3v) is 1.96. The molecule has 0 fully saturated rings. The summed E-state index contributed by atoms with van der Waals surface area (Å²) in [5.74, 6) is -3.03. The molecule has 0 aromatic carbocycles. The van der Waals surface area contributed by atoms with Crippen molar-refractivity contribution < 1.29 is 23.9 Å². The first-order chi connectivity index (χ1) is 7.91. The van der Waals surface area contributed by atoms with Gasteiger partial charge in [0.15, 0.2) is 6.39 Å². The maximum atomic E-state index is 11.6. The minimum Gasteiger partial charge on any atom is -0.480 e. The lowest BCUT2D eigenvalue weighted by atomic mass is 10.2. The highest BCUT2D eigenvalue weighted by atomic mass is 16.4. The summed E-state index contributed by atoms with van der Waals surface area (Å²) in [5, 5.41) is 10.9. The van der Waals surface area contributed by atoms with E-state index in [9.17, 15) is 14.4 Å². The highest BCUT2D eigenvalue weighted by Crippen LogP contribution is 2.05. The van der Waals surface area contributed by atoms with Crippen LogP contribution >= 0.6 is 0 Å². The van der Waals surface area contributed by atoms with Crippen LogP contribution in [0.15, 0.2) is 10.8 Å². The van der Waals surface area contributed by atoms with E-state index in [1.54, 1.807) is 0 Å². The van der Waals surface area contributed by atoms with Gasteiger partial charge in [-0.25, -0.2) is 9.78 Å². The first-order valence-electron chi connectivity index (χ1n) is 4.64. The number of aliphatic carboxylic acids is 1. The average Bonchev–Trinajstić information content (AvgIpc) is 2.62. The molecule has 0 aliphatic heterocycles. The van der Waals surface area contributed by atoms with Gasteiger partial charge in [-0.1, -0.05) is 0 Å². The maximum Gasteiger partial charge on any atom is 0.326 e. The number of primary amides is 1. The summed E-state index contributed by atoms with van der Waals surface area (Å²) < 4.78 is 4.78. The van der Waals surface area contributed by atoms with Gasteiger partial charge in [-0.2, -0.15) is 0 Å². The number of aryl methyl sites for hydroxylation is 1. The number of oxazole rings is 1. The van der Waals surface area contributed by atoms with E-state index in [0.717, 1.165) is 6.39 Å². The van der Waals surface area contributed by atoms with E-state index < -0.39 is 30.2 Å². The molecule has 0 saturated heterocycles. The Balaban J connectivity index is 2.74. The second-order valence-electron chi connectivity index (χ2n) is 3.30. The Hall–Kier alpha value is -2.38. The van der Waals surface area contributed by atoms with Crippen LogP contribution in [0.3, 0.4) is 0 Å². The van der Waals surface area contributed by atoms with Gasteiger partial charge in [-0.3, -0.25) is 9.59 Å². The standard InChI is InChI=1S/C9H11N3O5/c1-4-7(17-3-11-4)8(14)12-5(9(15)16)2-6(10)13/h3,5H,2H2,1H3,(H2,10,13)(H,12,14)(H,15,16). The van der Waals surface area contributed by atoms with Gasteiger partial charge in [0, 0.05) is 0 Å². The third kappa shape index (κ3) is 3.30. The van der Waals surface area contributed by atoms with Gasteiger partial charge in [0.05, 0.1) is 12.1 Å². The molecular weight excluding hydrogens is 230 g/mol. The molecule has 1 rings (SSSR count). The van der Waals surface area contributed by atoms with E-state index in [-0.39, 0.29) is 5.76 Å². The quantitative estimate of drug-likeness (QED) is 0.607. The van der Waals surface area contributed by atoms with Crippen LogP contribution in [0.1, 0.15) is 22.7 Å². The van der Waals surface area contributed by atoms with Crippen LogP contribution in [0.2, 0.25) is 0 Å². The summed E-state index contributed by atoms with van der Waals surface area (Å²) in [7, 11) is 0. The zero-order chi connectivity index (χ0) is 13.0. The molecule has 1 heterocycles. The van der Waals surface area contributed by atoms with Gasteiger partial charge in [0.1, 0.15) is 6.04 Å². The van der Waals surface area contributed by atoms with Crippen LogP contribution in [0.5, 0.6) is 0 Å². The number of rotatable bonds is 5. The number of carbonyl (C=O) groups is 3. The SMILES string of the molecule is Cc1ncoc1C(=O)NC(CC(N)=O)C(=O)O. The third-order valence-electron chi connectivity index (χ3n) is 1.96. The predicted molar refractivity (Wildman–Crippen MR) is 53.9 cm³/mol. The molecule has 0 saturated carbocycles. The molecule has 1 atom stereocenters. The van der Waals surface area contributed by atoms with E-state index >= 15 is 0 Å². The fourth-order valence-corrected chi connectivity index (χ4v) is 1.14. The number of carboxylic acids is 1. The second-order valence-corrected chi connectivity index (χ2v) is 3.30. The summed E-state index contributed by atoms with van der Waals surface area (Å²) in [6.45, 7) is 1.53. The lowest BCUT2D eigenvalue weighted by molar-refractivity contribution is -0.140. The van der Waals surface area contributed by atoms with Gasteiger partial charge in [-0.05, 0) is 6.92 Å². The first-order valence-corrected chi connectivity index (χ1v) is 4.64.